The van der Waals surface area contributed by atoms with Gasteiger partial charge in [0, 0.05) is 6.42 Å². The van der Waals surface area contributed by atoms with Crippen LogP contribution >= 0.6 is 0 Å². The second-order valence-corrected chi connectivity index (χ2v) is 3.62. The largest absolute Gasteiger partial charge is 0.463 e. The monoisotopic (exact) mass is 187 g/mol. The highest BCUT2D eigenvalue weighted by atomic mass is 16.5. The van der Waals surface area contributed by atoms with E-state index in [1.54, 1.807) is 0 Å². The van der Waals surface area contributed by atoms with E-state index in [1.807, 2.05) is 27.9 Å². The molecule has 0 bridgehead atoms. The number of hydrogen-bond donors (Lipinski definition) is 0. The summed E-state index contributed by atoms with van der Waals surface area (Å²) >= 11 is 0. The molecule has 0 aromatic rings. The van der Waals surface area contributed by atoms with Gasteiger partial charge >= 0.3 is 5.97 Å². The molecule has 0 N–H and O–H groups in total. The van der Waals surface area contributed by atoms with Gasteiger partial charge in [-0.1, -0.05) is 6.92 Å². The minimum atomic E-state index is -0.0730. The highest BCUT2D eigenvalue weighted by Crippen LogP contribution is 2.00. The molecule has 3 nitrogen and oxygen atoms in total. The number of nitrogens with zero attached hydrogens (tertiary/aromatic N) is 1. The van der Waals surface area contributed by atoms with Crippen molar-refractivity contribution in [2.75, 3.05) is 20.6 Å². The average molecular weight is 187 g/mol. The molecule has 0 aromatic carbocycles. The van der Waals surface area contributed by atoms with Crippen molar-refractivity contribution in [3.8, 4) is 0 Å². The predicted molar refractivity (Wildman–Crippen MR) is 53.6 cm³/mol. The minimum absolute atomic E-state index is 0.0619. The van der Waals surface area contributed by atoms with Crippen LogP contribution in [0.4, 0.5) is 0 Å². The Morgan fingerprint density at radius 1 is 1.46 bits per heavy atom. The molecule has 0 aliphatic carbocycles. The van der Waals surface area contributed by atoms with Crippen LogP contribution in [0.2, 0.25) is 0 Å². The SMILES string of the molecule is CC[C@H](C)OC(=O)CCCN(C)C. The van der Waals surface area contributed by atoms with Crippen molar-refractivity contribution in [3.63, 3.8) is 0 Å². The first kappa shape index (κ1) is 12.4. The molecule has 0 aromatic heterocycles. The van der Waals surface area contributed by atoms with Gasteiger partial charge in [0.25, 0.3) is 0 Å². The number of carbonyl (C=O) groups excluding carboxylic acids is 1. The van der Waals surface area contributed by atoms with E-state index in [1.165, 1.54) is 0 Å². The van der Waals surface area contributed by atoms with E-state index in [-0.39, 0.29) is 12.1 Å². The van der Waals surface area contributed by atoms with Crippen molar-refractivity contribution < 1.29 is 9.53 Å². The summed E-state index contributed by atoms with van der Waals surface area (Å²) in [7, 11) is 4.00. The first-order valence-electron chi connectivity index (χ1n) is 4.90. The molecule has 0 amide bonds. The Morgan fingerprint density at radius 2 is 2.08 bits per heavy atom. The first-order chi connectivity index (χ1) is 6.06. The Labute approximate surface area is 81.1 Å². The molecule has 0 heterocycles. The van der Waals surface area contributed by atoms with Crippen LogP contribution in [-0.2, 0) is 9.53 Å². The molecule has 0 radical (unpaired) electrons. The fourth-order valence-corrected chi connectivity index (χ4v) is 0.906. The number of hydrogen-bond acceptors (Lipinski definition) is 3. The van der Waals surface area contributed by atoms with Gasteiger partial charge in [-0.15, -0.1) is 0 Å². The minimum Gasteiger partial charge on any atom is -0.463 e. The van der Waals surface area contributed by atoms with E-state index < -0.39 is 0 Å². The van der Waals surface area contributed by atoms with Crippen LogP contribution in [0.3, 0.4) is 0 Å². The van der Waals surface area contributed by atoms with Crippen LogP contribution in [-0.4, -0.2) is 37.6 Å². The Bertz CT molecular complexity index is 146. The molecule has 0 fully saturated rings. The second-order valence-electron chi connectivity index (χ2n) is 3.62. The maximum absolute atomic E-state index is 11.2. The third-order valence-electron chi connectivity index (χ3n) is 1.89. The number of ether oxygens (including phenoxy) is 1. The molecule has 78 valence electrons. The standard InChI is InChI=1S/C10H21NO2/c1-5-9(2)13-10(12)7-6-8-11(3)4/h9H,5-8H2,1-4H3/t9-/m0/s1. The molecule has 13 heavy (non-hydrogen) atoms. The second kappa shape index (κ2) is 6.89. The van der Waals surface area contributed by atoms with Gasteiger partial charge in [0.1, 0.15) is 0 Å². The summed E-state index contributed by atoms with van der Waals surface area (Å²) in [6, 6.07) is 0. The van der Waals surface area contributed by atoms with Crippen molar-refractivity contribution in [2.24, 2.45) is 0 Å². The van der Waals surface area contributed by atoms with Gasteiger partial charge in [0.2, 0.25) is 0 Å². The van der Waals surface area contributed by atoms with E-state index in [2.05, 4.69) is 4.90 Å². The third-order valence-corrected chi connectivity index (χ3v) is 1.89. The van der Waals surface area contributed by atoms with Crippen LogP contribution in [0, 0.1) is 0 Å². The molecule has 0 aliphatic rings. The summed E-state index contributed by atoms with van der Waals surface area (Å²) in [5, 5.41) is 0. The van der Waals surface area contributed by atoms with Gasteiger partial charge in [-0.3, -0.25) is 4.79 Å². The average Bonchev–Trinajstić information content (AvgIpc) is 2.03. The molecule has 0 aliphatic heterocycles. The van der Waals surface area contributed by atoms with Gasteiger partial charge in [-0.2, -0.15) is 0 Å². The van der Waals surface area contributed by atoms with E-state index in [0.717, 1.165) is 19.4 Å². The summed E-state index contributed by atoms with van der Waals surface area (Å²) in [6.45, 7) is 4.87. The maximum atomic E-state index is 11.2. The molecule has 3 heteroatoms. The van der Waals surface area contributed by atoms with Crippen LogP contribution in [0.15, 0.2) is 0 Å². The number of rotatable bonds is 6. The molecular weight excluding hydrogens is 166 g/mol. The molecule has 0 saturated heterocycles. The van der Waals surface area contributed by atoms with E-state index in [9.17, 15) is 4.79 Å². The van der Waals surface area contributed by atoms with E-state index >= 15 is 0 Å². The Kier molecular flexibility index (Phi) is 6.59. The predicted octanol–water partition coefficient (Wildman–Crippen LogP) is 1.67. The maximum Gasteiger partial charge on any atom is 0.306 e. The molecule has 0 unspecified atom stereocenters. The van der Waals surface area contributed by atoms with Crippen molar-refractivity contribution in [3.05, 3.63) is 0 Å². The highest BCUT2D eigenvalue weighted by molar-refractivity contribution is 5.69. The van der Waals surface area contributed by atoms with Crippen LogP contribution < -0.4 is 0 Å². The highest BCUT2D eigenvalue weighted by Gasteiger charge is 2.06. The lowest BCUT2D eigenvalue weighted by molar-refractivity contribution is -0.148. The molecular formula is C10H21NO2. The molecule has 0 saturated carbocycles. The first-order valence-corrected chi connectivity index (χ1v) is 4.90. The lowest BCUT2D eigenvalue weighted by Crippen LogP contribution is -2.17. The van der Waals surface area contributed by atoms with E-state index in [0.29, 0.717) is 6.42 Å². The summed E-state index contributed by atoms with van der Waals surface area (Å²) in [5.74, 6) is -0.0730. The van der Waals surface area contributed by atoms with Crippen LogP contribution in [0.25, 0.3) is 0 Å². The normalized spacial score (nSPS) is 13.0. The lowest BCUT2D eigenvalue weighted by Gasteiger charge is -2.12. The zero-order valence-corrected chi connectivity index (χ0v) is 9.17. The third kappa shape index (κ3) is 7.78. The zero-order valence-electron chi connectivity index (χ0n) is 9.17. The number of esters is 1. The lowest BCUT2D eigenvalue weighted by atomic mass is 10.3. The zero-order chi connectivity index (χ0) is 10.3. The fraction of sp³-hybridized carbons (Fsp3) is 0.900. The Hall–Kier alpha value is -0.570. The molecule has 0 rings (SSSR count). The topological polar surface area (TPSA) is 29.5 Å². The summed E-state index contributed by atoms with van der Waals surface area (Å²) in [5.41, 5.74) is 0. The van der Waals surface area contributed by atoms with Crippen molar-refractivity contribution in [1.82, 2.24) is 4.90 Å². The van der Waals surface area contributed by atoms with Crippen molar-refractivity contribution >= 4 is 5.97 Å². The van der Waals surface area contributed by atoms with Gasteiger partial charge in [0.05, 0.1) is 6.10 Å². The van der Waals surface area contributed by atoms with Gasteiger partial charge in [0.15, 0.2) is 0 Å². The molecule has 1 atom stereocenters. The van der Waals surface area contributed by atoms with E-state index in [4.69, 9.17) is 4.74 Å². The quantitative estimate of drug-likeness (QED) is 0.592. The molecule has 0 spiro atoms. The summed E-state index contributed by atoms with van der Waals surface area (Å²) < 4.78 is 5.12. The fourth-order valence-electron chi connectivity index (χ4n) is 0.906. The van der Waals surface area contributed by atoms with Crippen LogP contribution in [0.1, 0.15) is 33.1 Å². The van der Waals surface area contributed by atoms with Gasteiger partial charge < -0.3 is 9.64 Å². The Balaban J connectivity index is 3.41. The number of carbonyl (C=O) groups is 1. The van der Waals surface area contributed by atoms with Gasteiger partial charge in [-0.05, 0) is 40.4 Å². The van der Waals surface area contributed by atoms with Crippen LogP contribution in [0.5, 0.6) is 0 Å². The van der Waals surface area contributed by atoms with Crippen molar-refractivity contribution in [2.45, 2.75) is 39.2 Å². The summed E-state index contributed by atoms with van der Waals surface area (Å²) in [6.07, 6.45) is 2.36. The Morgan fingerprint density at radius 3 is 2.54 bits per heavy atom. The van der Waals surface area contributed by atoms with Gasteiger partial charge in [-0.25, -0.2) is 0 Å². The smallest absolute Gasteiger partial charge is 0.306 e. The van der Waals surface area contributed by atoms with Crippen molar-refractivity contribution in [1.29, 1.82) is 0 Å². The summed E-state index contributed by atoms with van der Waals surface area (Å²) in [4.78, 5) is 13.2.